The Bertz CT molecular complexity index is 985. The highest BCUT2D eigenvalue weighted by molar-refractivity contribution is 5.75. The van der Waals surface area contributed by atoms with Crippen molar-refractivity contribution in [3.63, 3.8) is 0 Å². The van der Waals surface area contributed by atoms with Gasteiger partial charge in [-0.3, -0.25) is 4.90 Å². The first-order valence-corrected chi connectivity index (χ1v) is 12.9. The lowest BCUT2D eigenvalue weighted by Gasteiger charge is -2.36. The van der Waals surface area contributed by atoms with Crippen molar-refractivity contribution in [3.8, 4) is 5.75 Å². The number of carbonyl (C=O) groups excluding carboxylic acids is 1. The average molecular weight is 446 g/mol. The second-order valence-corrected chi connectivity index (χ2v) is 10.3. The van der Waals surface area contributed by atoms with Crippen molar-refractivity contribution in [2.24, 2.45) is 0 Å². The normalized spacial score (nSPS) is 21.8. The molecular weight excluding hydrogens is 410 g/mol. The first kappa shape index (κ1) is 21.0. The van der Waals surface area contributed by atoms with Crippen LogP contribution in [0.25, 0.3) is 0 Å². The third kappa shape index (κ3) is 4.35. The molecule has 3 heterocycles. The van der Waals surface area contributed by atoms with E-state index in [0.29, 0.717) is 0 Å². The maximum Gasteiger partial charge on any atom is 0.320 e. The number of carbonyl (C=O) groups is 1. The lowest BCUT2D eigenvalue weighted by Crippen LogP contribution is -2.46. The molecule has 1 aliphatic carbocycles. The van der Waals surface area contributed by atoms with E-state index >= 15 is 0 Å². The SMILES string of the molecule is O=C(N1CCC(Oc2ccc3c(c2)CCN(C2CCC2)CC3)CC1)N1Cc2ccccc2C1. The Hall–Kier alpha value is -2.53. The number of nitrogens with zero attached hydrogens (tertiary/aromatic N) is 3. The fourth-order valence-corrected chi connectivity index (χ4v) is 5.93. The summed E-state index contributed by atoms with van der Waals surface area (Å²) in [5.74, 6) is 1.01. The summed E-state index contributed by atoms with van der Waals surface area (Å²) >= 11 is 0. The second kappa shape index (κ2) is 9.02. The van der Waals surface area contributed by atoms with Gasteiger partial charge < -0.3 is 14.5 Å². The van der Waals surface area contributed by atoms with E-state index in [9.17, 15) is 4.79 Å². The first-order chi connectivity index (χ1) is 16.2. The third-order valence-corrected chi connectivity index (χ3v) is 8.23. The van der Waals surface area contributed by atoms with Crippen LogP contribution in [-0.4, -0.2) is 59.1 Å². The van der Waals surface area contributed by atoms with Crippen LogP contribution in [0, 0.1) is 0 Å². The number of urea groups is 1. The van der Waals surface area contributed by atoms with Gasteiger partial charge in [0.05, 0.1) is 0 Å². The van der Waals surface area contributed by atoms with Crippen LogP contribution < -0.4 is 4.74 Å². The minimum absolute atomic E-state index is 0.172. The van der Waals surface area contributed by atoms with Gasteiger partial charge >= 0.3 is 6.03 Å². The first-order valence-electron chi connectivity index (χ1n) is 12.9. The van der Waals surface area contributed by atoms with Crippen molar-refractivity contribution in [2.45, 2.75) is 70.2 Å². The molecule has 5 heteroatoms. The molecule has 1 saturated carbocycles. The largest absolute Gasteiger partial charge is 0.490 e. The molecule has 4 aliphatic rings. The Balaban J connectivity index is 1.01. The predicted octanol–water partition coefficient (Wildman–Crippen LogP) is 4.62. The van der Waals surface area contributed by atoms with Crippen molar-refractivity contribution >= 4 is 6.03 Å². The van der Waals surface area contributed by atoms with Gasteiger partial charge in [0.15, 0.2) is 0 Å². The van der Waals surface area contributed by atoms with Crippen molar-refractivity contribution in [3.05, 3.63) is 64.7 Å². The van der Waals surface area contributed by atoms with Gasteiger partial charge in [0, 0.05) is 58.2 Å². The standard InChI is InChI=1S/C28H35N3O2/c32-28(31-19-23-4-1-2-5-24(23)20-31)30-16-12-26(13-17-30)33-27-9-8-21-10-14-29(25-6-3-7-25)15-11-22(21)18-27/h1-2,4-5,8-9,18,25-26H,3,6-7,10-17,19-20H2. The molecule has 2 amide bonds. The van der Waals surface area contributed by atoms with Gasteiger partial charge in [-0.25, -0.2) is 4.79 Å². The van der Waals surface area contributed by atoms with E-state index in [-0.39, 0.29) is 12.1 Å². The highest BCUT2D eigenvalue weighted by Gasteiger charge is 2.31. The summed E-state index contributed by atoms with van der Waals surface area (Å²) < 4.78 is 6.41. The number of fused-ring (bicyclic) bond motifs is 2. The predicted molar refractivity (Wildman–Crippen MR) is 129 cm³/mol. The van der Waals surface area contributed by atoms with Crippen LogP contribution in [0.2, 0.25) is 0 Å². The summed E-state index contributed by atoms with van der Waals surface area (Å²) in [6, 6.07) is 16.1. The van der Waals surface area contributed by atoms with Crippen LogP contribution in [0.3, 0.4) is 0 Å². The summed E-state index contributed by atoms with van der Waals surface area (Å²) in [6.45, 7) is 5.40. The lowest BCUT2D eigenvalue weighted by atomic mass is 9.91. The lowest BCUT2D eigenvalue weighted by molar-refractivity contribution is 0.0942. The molecule has 0 atom stereocenters. The van der Waals surface area contributed by atoms with E-state index in [1.807, 2.05) is 9.80 Å². The van der Waals surface area contributed by atoms with E-state index in [0.717, 1.165) is 63.7 Å². The van der Waals surface area contributed by atoms with Gasteiger partial charge in [0.2, 0.25) is 0 Å². The highest BCUT2D eigenvalue weighted by atomic mass is 16.5. The van der Waals surface area contributed by atoms with Gasteiger partial charge in [-0.2, -0.15) is 0 Å². The number of likely N-dealkylation sites (tertiary alicyclic amines) is 1. The van der Waals surface area contributed by atoms with Crippen molar-refractivity contribution in [2.75, 3.05) is 26.2 Å². The van der Waals surface area contributed by atoms with Crippen LogP contribution >= 0.6 is 0 Å². The number of benzene rings is 2. The van der Waals surface area contributed by atoms with Crippen LogP contribution in [0.1, 0.15) is 54.4 Å². The summed E-state index contributed by atoms with van der Waals surface area (Å²) in [5.41, 5.74) is 5.53. The molecule has 1 saturated heterocycles. The summed E-state index contributed by atoms with van der Waals surface area (Å²) in [6.07, 6.45) is 8.47. The molecule has 33 heavy (non-hydrogen) atoms. The molecule has 0 radical (unpaired) electrons. The van der Waals surface area contributed by atoms with Crippen LogP contribution in [0.4, 0.5) is 4.79 Å². The molecule has 0 bridgehead atoms. The van der Waals surface area contributed by atoms with Crippen LogP contribution in [0.15, 0.2) is 42.5 Å². The average Bonchev–Trinajstić information content (AvgIpc) is 3.14. The fourth-order valence-electron chi connectivity index (χ4n) is 5.93. The molecular formula is C28H35N3O2. The molecule has 0 aromatic heterocycles. The molecule has 0 N–H and O–H groups in total. The Labute approximate surface area is 197 Å². The summed E-state index contributed by atoms with van der Waals surface area (Å²) in [7, 11) is 0. The molecule has 6 rings (SSSR count). The smallest absolute Gasteiger partial charge is 0.320 e. The molecule has 2 aromatic rings. The van der Waals surface area contributed by atoms with E-state index in [2.05, 4.69) is 47.4 Å². The topological polar surface area (TPSA) is 36.0 Å². The van der Waals surface area contributed by atoms with Crippen LogP contribution in [0.5, 0.6) is 5.75 Å². The van der Waals surface area contributed by atoms with Gasteiger partial charge in [-0.15, -0.1) is 0 Å². The maximum atomic E-state index is 13.0. The molecule has 3 aliphatic heterocycles. The van der Waals surface area contributed by atoms with Crippen molar-refractivity contribution in [1.29, 1.82) is 0 Å². The molecule has 5 nitrogen and oxygen atoms in total. The number of amides is 2. The van der Waals surface area contributed by atoms with Crippen molar-refractivity contribution in [1.82, 2.24) is 14.7 Å². The van der Waals surface area contributed by atoms with E-state index in [1.165, 1.54) is 54.6 Å². The Morgan fingerprint density at radius 3 is 2.12 bits per heavy atom. The molecule has 2 fully saturated rings. The number of piperidine rings is 1. The zero-order chi connectivity index (χ0) is 22.2. The number of hydrogen-bond donors (Lipinski definition) is 0. The zero-order valence-corrected chi connectivity index (χ0v) is 19.5. The quantitative estimate of drug-likeness (QED) is 0.692. The number of ether oxygens (including phenoxy) is 1. The molecule has 0 spiro atoms. The van der Waals surface area contributed by atoms with Crippen LogP contribution in [-0.2, 0) is 25.9 Å². The van der Waals surface area contributed by atoms with Gasteiger partial charge in [0.1, 0.15) is 11.9 Å². The van der Waals surface area contributed by atoms with Crippen molar-refractivity contribution < 1.29 is 9.53 Å². The Kier molecular flexibility index (Phi) is 5.75. The van der Waals surface area contributed by atoms with E-state index in [4.69, 9.17) is 4.74 Å². The monoisotopic (exact) mass is 445 g/mol. The minimum atomic E-state index is 0.172. The van der Waals surface area contributed by atoms with E-state index in [1.54, 1.807) is 0 Å². The molecule has 2 aromatic carbocycles. The summed E-state index contributed by atoms with van der Waals surface area (Å²) in [5, 5.41) is 0. The fraction of sp³-hybridized carbons (Fsp3) is 0.536. The molecule has 0 unspecified atom stereocenters. The highest BCUT2D eigenvalue weighted by Crippen LogP contribution is 2.30. The Morgan fingerprint density at radius 2 is 1.45 bits per heavy atom. The molecule has 174 valence electrons. The maximum absolute atomic E-state index is 13.0. The summed E-state index contributed by atoms with van der Waals surface area (Å²) in [4.78, 5) is 19.7. The second-order valence-electron chi connectivity index (χ2n) is 10.3. The zero-order valence-electron chi connectivity index (χ0n) is 19.5. The van der Waals surface area contributed by atoms with E-state index < -0.39 is 0 Å². The number of rotatable bonds is 3. The Morgan fingerprint density at radius 1 is 0.758 bits per heavy atom. The number of hydrogen-bond acceptors (Lipinski definition) is 3. The van der Waals surface area contributed by atoms with Gasteiger partial charge in [-0.05, 0) is 60.1 Å². The van der Waals surface area contributed by atoms with Gasteiger partial charge in [-0.1, -0.05) is 36.8 Å². The minimum Gasteiger partial charge on any atom is -0.490 e. The third-order valence-electron chi connectivity index (χ3n) is 8.23. The van der Waals surface area contributed by atoms with Gasteiger partial charge in [0.25, 0.3) is 0 Å².